The topological polar surface area (TPSA) is 68.2 Å². The van der Waals surface area contributed by atoms with Crippen molar-refractivity contribution in [2.75, 3.05) is 6.61 Å². The van der Waals surface area contributed by atoms with Crippen LogP contribution in [0.1, 0.15) is 60.7 Å². The molecule has 0 N–H and O–H groups in total. The van der Waals surface area contributed by atoms with Crippen LogP contribution in [0.25, 0.3) is 0 Å². The number of carbonyl (C=O) groups is 1. The first kappa shape index (κ1) is 19.0. The van der Waals surface area contributed by atoms with E-state index in [0.717, 1.165) is 49.9 Å². The molecule has 2 aromatic rings. The lowest BCUT2D eigenvalue weighted by molar-refractivity contribution is -0.183. The fourth-order valence-corrected chi connectivity index (χ4v) is 4.45. The quantitative estimate of drug-likeness (QED) is 0.808. The largest absolute Gasteiger partial charge is 0.272 e. The molecule has 0 bridgehead atoms. The van der Waals surface area contributed by atoms with Gasteiger partial charge in [-0.15, -0.1) is 0 Å². The van der Waals surface area contributed by atoms with Crippen molar-refractivity contribution in [3.63, 3.8) is 0 Å². The van der Waals surface area contributed by atoms with Crippen molar-refractivity contribution in [2.24, 2.45) is 11.8 Å². The van der Waals surface area contributed by atoms with E-state index in [1.807, 2.05) is 13.1 Å². The lowest BCUT2D eigenvalue weighted by Crippen LogP contribution is -2.37. The van der Waals surface area contributed by atoms with Crippen LogP contribution in [0, 0.1) is 25.7 Å². The number of hydrogen-bond donors (Lipinski definition) is 0. The highest BCUT2D eigenvalue weighted by molar-refractivity contribution is 5.78. The third kappa shape index (κ3) is 4.07. The Bertz CT molecular complexity index is 819. The SMILES string of the molecule is Cc1cc(C[C@H]2CC[C@H](C(=O)N3OCC[C@H]3c3cnccn3)CC2)c(C)cn1. The molecule has 2 fully saturated rings. The van der Waals surface area contributed by atoms with Gasteiger partial charge in [0.1, 0.15) is 6.04 Å². The number of carbonyl (C=O) groups excluding carboxylic acids is 1. The second-order valence-corrected chi connectivity index (χ2v) is 8.11. The van der Waals surface area contributed by atoms with E-state index in [9.17, 15) is 4.79 Å². The van der Waals surface area contributed by atoms with Crippen LogP contribution in [0.15, 0.2) is 30.9 Å². The summed E-state index contributed by atoms with van der Waals surface area (Å²) < 4.78 is 0. The van der Waals surface area contributed by atoms with Crippen molar-refractivity contribution in [1.82, 2.24) is 20.0 Å². The molecule has 1 saturated carbocycles. The Labute approximate surface area is 166 Å². The molecule has 0 radical (unpaired) electrons. The van der Waals surface area contributed by atoms with Crippen LogP contribution in [0.2, 0.25) is 0 Å². The lowest BCUT2D eigenvalue weighted by atomic mass is 9.78. The van der Waals surface area contributed by atoms with Gasteiger partial charge in [0, 0.05) is 36.6 Å². The van der Waals surface area contributed by atoms with Gasteiger partial charge >= 0.3 is 0 Å². The van der Waals surface area contributed by atoms with Gasteiger partial charge in [0.15, 0.2) is 0 Å². The molecule has 28 heavy (non-hydrogen) atoms. The summed E-state index contributed by atoms with van der Waals surface area (Å²) in [5.41, 5.74) is 4.55. The highest BCUT2D eigenvalue weighted by atomic mass is 16.7. The molecular weight excluding hydrogens is 352 g/mol. The van der Waals surface area contributed by atoms with Crippen molar-refractivity contribution in [1.29, 1.82) is 0 Å². The summed E-state index contributed by atoms with van der Waals surface area (Å²) in [6.45, 7) is 4.74. The molecule has 0 aromatic carbocycles. The summed E-state index contributed by atoms with van der Waals surface area (Å²) >= 11 is 0. The molecule has 1 amide bonds. The van der Waals surface area contributed by atoms with Gasteiger partial charge in [-0.2, -0.15) is 0 Å². The second kappa shape index (κ2) is 8.35. The van der Waals surface area contributed by atoms with E-state index in [0.29, 0.717) is 12.5 Å². The zero-order valence-electron chi connectivity index (χ0n) is 16.7. The van der Waals surface area contributed by atoms with E-state index in [-0.39, 0.29) is 17.9 Å². The smallest absolute Gasteiger partial charge is 0.249 e. The molecule has 2 aliphatic rings. The fourth-order valence-electron chi connectivity index (χ4n) is 4.45. The first-order valence-electron chi connectivity index (χ1n) is 10.3. The fraction of sp³-hybridized carbons (Fsp3) is 0.545. The van der Waals surface area contributed by atoms with Crippen LogP contribution in [0.5, 0.6) is 0 Å². The minimum Gasteiger partial charge on any atom is -0.272 e. The maximum Gasteiger partial charge on any atom is 0.249 e. The van der Waals surface area contributed by atoms with Crippen molar-refractivity contribution in [2.45, 2.75) is 58.4 Å². The number of aryl methyl sites for hydroxylation is 2. The average molecular weight is 380 g/mol. The first-order chi connectivity index (χ1) is 13.6. The van der Waals surface area contributed by atoms with Crippen molar-refractivity contribution in [3.05, 3.63) is 53.4 Å². The van der Waals surface area contributed by atoms with E-state index in [2.05, 4.69) is 27.9 Å². The predicted octanol–water partition coefficient (Wildman–Crippen LogP) is 3.74. The third-order valence-corrected chi connectivity index (χ3v) is 6.10. The summed E-state index contributed by atoms with van der Waals surface area (Å²) in [4.78, 5) is 31.7. The van der Waals surface area contributed by atoms with Gasteiger partial charge in [-0.3, -0.25) is 24.6 Å². The van der Waals surface area contributed by atoms with Crippen molar-refractivity contribution >= 4 is 5.91 Å². The van der Waals surface area contributed by atoms with Crippen LogP contribution in [0.3, 0.4) is 0 Å². The van der Waals surface area contributed by atoms with Crippen molar-refractivity contribution in [3.8, 4) is 0 Å². The maximum absolute atomic E-state index is 13.1. The van der Waals surface area contributed by atoms with E-state index in [4.69, 9.17) is 4.84 Å². The number of aromatic nitrogens is 3. The molecule has 6 nitrogen and oxygen atoms in total. The Morgan fingerprint density at radius 3 is 2.68 bits per heavy atom. The minimum atomic E-state index is -0.110. The van der Waals surface area contributed by atoms with Crippen LogP contribution in [-0.4, -0.2) is 32.5 Å². The van der Waals surface area contributed by atoms with Crippen LogP contribution < -0.4 is 0 Å². The Hall–Kier alpha value is -2.34. The van der Waals surface area contributed by atoms with E-state index in [1.165, 1.54) is 11.1 Å². The summed E-state index contributed by atoms with van der Waals surface area (Å²) in [5.74, 6) is 0.802. The molecule has 2 aromatic heterocycles. The monoisotopic (exact) mass is 380 g/mol. The molecule has 4 rings (SSSR count). The zero-order valence-corrected chi connectivity index (χ0v) is 16.7. The van der Waals surface area contributed by atoms with E-state index < -0.39 is 0 Å². The number of rotatable bonds is 4. The molecule has 1 atom stereocenters. The average Bonchev–Trinajstić information content (AvgIpc) is 3.21. The molecule has 1 aliphatic heterocycles. The normalized spacial score (nSPS) is 25.1. The molecule has 148 valence electrons. The highest BCUT2D eigenvalue weighted by Gasteiger charge is 2.37. The van der Waals surface area contributed by atoms with Crippen LogP contribution in [-0.2, 0) is 16.1 Å². The number of hydrogen-bond acceptors (Lipinski definition) is 5. The number of amides is 1. The summed E-state index contributed by atoms with van der Waals surface area (Å²) in [6, 6.07) is 2.09. The highest BCUT2D eigenvalue weighted by Crippen LogP contribution is 2.36. The van der Waals surface area contributed by atoms with E-state index in [1.54, 1.807) is 23.7 Å². The van der Waals surface area contributed by atoms with Gasteiger partial charge in [0.25, 0.3) is 0 Å². The van der Waals surface area contributed by atoms with Crippen molar-refractivity contribution < 1.29 is 9.63 Å². The molecular formula is C22H28N4O2. The molecule has 6 heteroatoms. The zero-order chi connectivity index (χ0) is 19.5. The summed E-state index contributed by atoms with van der Waals surface area (Å²) in [5, 5.41) is 1.57. The van der Waals surface area contributed by atoms with Crippen LogP contribution >= 0.6 is 0 Å². The molecule has 3 heterocycles. The second-order valence-electron chi connectivity index (χ2n) is 8.11. The summed E-state index contributed by atoms with van der Waals surface area (Å²) in [7, 11) is 0. The Kier molecular flexibility index (Phi) is 5.67. The standard InChI is InChI=1S/C22H28N4O2/c1-15-13-25-16(2)11-19(15)12-17-3-5-18(6-4-17)22(27)26-21(7-10-28-26)20-14-23-8-9-24-20/h8-9,11,13-14,17-18,21H,3-7,10,12H2,1-2H3/t17-,18-,21-/m0/s1. The Balaban J connectivity index is 1.35. The number of nitrogens with zero attached hydrogens (tertiary/aromatic N) is 4. The minimum absolute atomic E-state index is 0.0498. The number of hydroxylamine groups is 2. The molecule has 1 saturated heterocycles. The van der Waals surface area contributed by atoms with Gasteiger partial charge < -0.3 is 0 Å². The predicted molar refractivity (Wildman–Crippen MR) is 105 cm³/mol. The lowest BCUT2D eigenvalue weighted by Gasteiger charge is -2.32. The molecule has 1 aliphatic carbocycles. The summed E-state index contributed by atoms with van der Waals surface area (Å²) in [6.07, 6.45) is 12.9. The van der Waals surface area contributed by atoms with Gasteiger partial charge in [-0.25, -0.2) is 5.06 Å². The maximum atomic E-state index is 13.1. The molecule has 0 unspecified atom stereocenters. The Morgan fingerprint density at radius 2 is 1.93 bits per heavy atom. The van der Waals surface area contributed by atoms with Crippen LogP contribution in [0.4, 0.5) is 0 Å². The first-order valence-corrected chi connectivity index (χ1v) is 10.3. The van der Waals surface area contributed by atoms with E-state index >= 15 is 0 Å². The van der Waals surface area contributed by atoms with Gasteiger partial charge in [-0.05, 0) is 69.1 Å². The number of pyridine rings is 1. The molecule has 0 spiro atoms. The van der Waals surface area contributed by atoms with Gasteiger partial charge in [0.05, 0.1) is 18.5 Å². The van der Waals surface area contributed by atoms with Gasteiger partial charge in [0.2, 0.25) is 5.91 Å². The Morgan fingerprint density at radius 1 is 1.11 bits per heavy atom. The van der Waals surface area contributed by atoms with Gasteiger partial charge in [-0.1, -0.05) is 0 Å². The third-order valence-electron chi connectivity index (χ3n) is 6.10.